The van der Waals surface area contributed by atoms with Crippen molar-refractivity contribution in [1.29, 1.82) is 0 Å². The number of hydrogen-bond acceptors (Lipinski definition) is 6. The van der Waals surface area contributed by atoms with Gasteiger partial charge in [-0.1, -0.05) is 6.07 Å². The Bertz CT molecular complexity index is 837. The minimum absolute atomic E-state index is 0.0757. The number of carbonyl (C=O) groups is 2. The fourth-order valence-corrected chi connectivity index (χ4v) is 3.94. The van der Waals surface area contributed by atoms with E-state index in [4.69, 9.17) is 14.2 Å². The lowest BCUT2D eigenvalue weighted by Gasteiger charge is -2.34. The largest absolute Gasteiger partial charge is 0.496 e. The number of carbonyl (C=O) groups excluding carboxylic acids is 2. The van der Waals surface area contributed by atoms with E-state index in [0.29, 0.717) is 29.9 Å². The van der Waals surface area contributed by atoms with Crippen molar-refractivity contribution in [3.05, 3.63) is 51.9 Å². The van der Waals surface area contributed by atoms with Gasteiger partial charge in [0.05, 0.1) is 26.4 Å². The second-order valence-electron chi connectivity index (χ2n) is 6.76. The molecule has 1 aliphatic carbocycles. The zero-order valence-electron chi connectivity index (χ0n) is 16.2. The number of rotatable bonds is 5. The van der Waals surface area contributed by atoms with Crippen molar-refractivity contribution in [3.8, 4) is 5.75 Å². The maximum Gasteiger partial charge on any atom is 0.336 e. The molecule has 0 saturated heterocycles. The number of ketones is 1. The van der Waals surface area contributed by atoms with Crippen LogP contribution in [0.1, 0.15) is 43.2 Å². The number of hydrogen-bond donors (Lipinski definition) is 1. The third kappa shape index (κ3) is 3.49. The highest BCUT2D eigenvalue weighted by atomic mass is 16.5. The third-order valence-corrected chi connectivity index (χ3v) is 5.12. The lowest BCUT2D eigenvalue weighted by Crippen LogP contribution is -2.34. The van der Waals surface area contributed by atoms with Gasteiger partial charge in [-0.15, -0.1) is 0 Å². The van der Waals surface area contributed by atoms with Crippen LogP contribution in [-0.2, 0) is 25.7 Å². The first kappa shape index (κ1) is 19.2. The summed E-state index contributed by atoms with van der Waals surface area (Å²) in [5, 5.41) is 3.26. The van der Waals surface area contributed by atoms with Gasteiger partial charge >= 0.3 is 5.97 Å². The molecule has 0 spiro atoms. The minimum atomic E-state index is -0.456. The predicted octanol–water partition coefficient (Wildman–Crippen LogP) is 2.98. The second kappa shape index (κ2) is 7.96. The van der Waals surface area contributed by atoms with Gasteiger partial charge in [-0.3, -0.25) is 4.79 Å². The average molecular weight is 371 g/mol. The van der Waals surface area contributed by atoms with Gasteiger partial charge in [-0.25, -0.2) is 4.79 Å². The smallest absolute Gasteiger partial charge is 0.336 e. The van der Waals surface area contributed by atoms with Gasteiger partial charge in [0.25, 0.3) is 0 Å². The van der Waals surface area contributed by atoms with Crippen LogP contribution in [-0.4, -0.2) is 33.1 Å². The van der Waals surface area contributed by atoms with E-state index in [-0.39, 0.29) is 5.78 Å². The number of esters is 1. The molecule has 0 aromatic heterocycles. The first-order valence-electron chi connectivity index (χ1n) is 8.99. The Morgan fingerprint density at radius 1 is 1.22 bits per heavy atom. The lowest BCUT2D eigenvalue weighted by atomic mass is 9.75. The van der Waals surface area contributed by atoms with E-state index >= 15 is 0 Å². The molecule has 0 bridgehead atoms. The molecule has 0 unspecified atom stereocenters. The van der Waals surface area contributed by atoms with E-state index in [1.165, 1.54) is 7.11 Å². The van der Waals surface area contributed by atoms with Crippen molar-refractivity contribution in [1.82, 2.24) is 5.32 Å². The van der Waals surface area contributed by atoms with Crippen LogP contribution in [0.15, 0.2) is 40.7 Å². The summed E-state index contributed by atoms with van der Waals surface area (Å²) in [7, 11) is 4.58. The molecule has 1 aromatic rings. The van der Waals surface area contributed by atoms with E-state index < -0.39 is 11.9 Å². The van der Waals surface area contributed by atoms with Gasteiger partial charge in [0.15, 0.2) is 5.78 Å². The van der Waals surface area contributed by atoms with E-state index in [2.05, 4.69) is 5.32 Å². The molecule has 0 amide bonds. The normalized spacial score (nSPS) is 19.6. The Hall–Kier alpha value is -2.60. The van der Waals surface area contributed by atoms with Crippen molar-refractivity contribution in [2.24, 2.45) is 0 Å². The van der Waals surface area contributed by atoms with Crippen LogP contribution in [0.5, 0.6) is 5.75 Å². The summed E-state index contributed by atoms with van der Waals surface area (Å²) in [5.74, 6) is -0.104. The Labute approximate surface area is 159 Å². The summed E-state index contributed by atoms with van der Waals surface area (Å²) >= 11 is 0. The van der Waals surface area contributed by atoms with Crippen LogP contribution >= 0.6 is 0 Å². The van der Waals surface area contributed by atoms with E-state index in [9.17, 15) is 9.59 Å². The molecular weight excluding hydrogens is 346 g/mol. The van der Waals surface area contributed by atoms with Crippen LogP contribution in [0.3, 0.4) is 0 Å². The minimum Gasteiger partial charge on any atom is -0.496 e. The summed E-state index contributed by atoms with van der Waals surface area (Å²) in [6.45, 7) is 2.22. The number of benzene rings is 1. The number of allylic oxidation sites excluding steroid dienone is 3. The van der Waals surface area contributed by atoms with E-state index in [1.54, 1.807) is 14.2 Å². The topological polar surface area (TPSA) is 73.9 Å². The standard InChI is InChI=1S/C21H25NO5/c1-12-18(21(24)27-4)19(20-15(22-12)6-5-7-16(20)23)13-8-9-17(26-3)14(10-13)11-25-2/h8-10,19,22H,5-7,11H2,1-4H3/t19-/m1/s1. The van der Waals surface area contributed by atoms with Gasteiger partial charge in [-0.05, 0) is 37.5 Å². The molecule has 27 heavy (non-hydrogen) atoms. The highest BCUT2D eigenvalue weighted by Gasteiger charge is 2.39. The summed E-state index contributed by atoms with van der Waals surface area (Å²) in [6, 6.07) is 5.70. The SMILES string of the molecule is COCc1cc([C@@H]2C(C(=O)OC)=C(C)NC3=C2C(=O)CCC3)ccc1OC. The third-order valence-electron chi connectivity index (χ3n) is 5.12. The molecule has 3 rings (SSSR count). The Balaban J connectivity index is 2.19. The molecule has 6 heteroatoms. The molecule has 2 aliphatic rings. The zero-order chi connectivity index (χ0) is 19.6. The van der Waals surface area contributed by atoms with Gasteiger partial charge in [0.1, 0.15) is 5.75 Å². The summed E-state index contributed by atoms with van der Waals surface area (Å²) in [5.41, 5.74) is 4.49. The summed E-state index contributed by atoms with van der Waals surface area (Å²) in [4.78, 5) is 25.4. The van der Waals surface area contributed by atoms with E-state index in [1.807, 2.05) is 25.1 Å². The van der Waals surface area contributed by atoms with Crippen LogP contribution in [0, 0.1) is 0 Å². The Kier molecular flexibility index (Phi) is 5.65. The Morgan fingerprint density at radius 3 is 2.67 bits per heavy atom. The predicted molar refractivity (Wildman–Crippen MR) is 100 cm³/mol. The Morgan fingerprint density at radius 2 is 2.00 bits per heavy atom. The highest BCUT2D eigenvalue weighted by Crippen LogP contribution is 2.43. The van der Waals surface area contributed by atoms with Crippen LogP contribution in [0.2, 0.25) is 0 Å². The number of nitrogens with one attached hydrogen (secondary N) is 1. The van der Waals surface area contributed by atoms with Crippen molar-refractivity contribution in [3.63, 3.8) is 0 Å². The average Bonchev–Trinajstić information content (AvgIpc) is 2.66. The molecule has 1 heterocycles. The number of Topliss-reactive ketones (excluding diaryl/α,β-unsaturated/α-hetero) is 1. The first-order chi connectivity index (χ1) is 13.0. The first-order valence-corrected chi connectivity index (χ1v) is 8.99. The quantitative estimate of drug-likeness (QED) is 0.802. The fourth-order valence-electron chi connectivity index (χ4n) is 3.94. The van der Waals surface area contributed by atoms with Crippen molar-refractivity contribution < 1.29 is 23.8 Å². The van der Waals surface area contributed by atoms with Crippen molar-refractivity contribution >= 4 is 11.8 Å². The summed E-state index contributed by atoms with van der Waals surface area (Å²) in [6.07, 6.45) is 2.10. The molecule has 1 atom stereocenters. The van der Waals surface area contributed by atoms with Crippen molar-refractivity contribution in [2.75, 3.05) is 21.3 Å². The zero-order valence-corrected chi connectivity index (χ0v) is 16.2. The molecule has 1 aromatic carbocycles. The number of dihydropyridines is 1. The van der Waals surface area contributed by atoms with Crippen LogP contribution in [0.4, 0.5) is 0 Å². The highest BCUT2D eigenvalue weighted by molar-refractivity contribution is 6.03. The number of methoxy groups -OCH3 is 3. The molecule has 144 valence electrons. The van der Waals surface area contributed by atoms with Gasteiger partial charge < -0.3 is 19.5 Å². The van der Waals surface area contributed by atoms with Gasteiger partial charge in [-0.2, -0.15) is 0 Å². The molecule has 0 fully saturated rings. The van der Waals surface area contributed by atoms with E-state index in [0.717, 1.165) is 35.4 Å². The molecule has 0 radical (unpaired) electrons. The molecule has 6 nitrogen and oxygen atoms in total. The monoisotopic (exact) mass is 371 g/mol. The van der Waals surface area contributed by atoms with Crippen molar-refractivity contribution in [2.45, 2.75) is 38.7 Å². The maximum atomic E-state index is 12.8. The fraction of sp³-hybridized carbons (Fsp3) is 0.429. The molecule has 0 saturated carbocycles. The second-order valence-corrected chi connectivity index (χ2v) is 6.76. The summed E-state index contributed by atoms with van der Waals surface area (Å²) < 4.78 is 15.7. The maximum absolute atomic E-state index is 12.8. The molecule has 1 N–H and O–H groups in total. The lowest BCUT2D eigenvalue weighted by molar-refractivity contribution is -0.136. The van der Waals surface area contributed by atoms with Crippen LogP contribution in [0.25, 0.3) is 0 Å². The molecular formula is C21H25NO5. The van der Waals surface area contributed by atoms with Gasteiger partial charge in [0, 0.05) is 42.0 Å². The van der Waals surface area contributed by atoms with Gasteiger partial charge in [0.2, 0.25) is 0 Å². The molecule has 1 aliphatic heterocycles. The number of ether oxygens (including phenoxy) is 3. The van der Waals surface area contributed by atoms with Crippen LogP contribution < -0.4 is 10.1 Å².